The Hall–Kier alpha value is -4.66. The van der Waals surface area contributed by atoms with Crippen LogP contribution in [0.3, 0.4) is 0 Å². The van der Waals surface area contributed by atoms with Crippen LogP contribution in [0.2, 0.25) is 0 Å². The van der Waals surface area contributed by atoms with Crippen molar-refractivity contribution in [3.63, 3.8) is 0 Å². The third-order valence-electron chi connectivity index (χ3n) is 7.71. The molecule has 9 nitrogen and oxygen atoms in total. The molecule has 0 spiro atoms. The quantitative estimate of drug-likeness (QED) is 0.244. The molecule has 0 saturated heterocycles. The molecule has 3 aromatic heterocycles. The van der Waals surface area contributed by atoms with Gasteiger partial charge >= 0.3 is 11.9 Å². The van der Waals surface area contributed by atoms with E-state index >= 15 is 0 Å². The van der Waals surface area contributed by atoms with Crippen LogP contribution in [-0.4, -0.2) is 48.7 Å². The molecule has 0 unspecified atom stereocenters. The number of aromatic nitrogens is 4. The van der Waals surface area contributed by atoms with Crippen LogP contribution in [0.25, 0.3) is 44.5 Å². The summed E-state index contributed by atoms with van der Waals surface area (Å²) in [5.74, 6) is -1.05. The van der Waals surface area contributed by atoms with Gasteiger partial charge in [0.05, 0.1) is 23.7 Å². The van der Waals surface area contributed by atoms with Gasteiger partial charge in [-0.2, -0.15) is 0 Å². The zero-order chi connectivity index (χ0) is 29.4. The number of hydrogen-bond acceptors (Lipinski definition) is 5. The Balaban J connectivity index is 1.89. The van der Waals surface area contributed by atoms with E-state index in [9.17, 15) is 19.8 Å². The monoisotopic (exact) mass is 554 g/mol. The van der Waals surface area contributed by atoms with Gasteiger partial charge in [0.25, 0.3) is 0 Å². The molecule has 5 rings (SSSR count). The summed E-state index contributed by atoms with van der Waals surface area (Å²) < 4.78 is 6.03. The minimum atomic E-state index is -0.880. The summed E-state index contributed by atoms with van der Waals surface area (Å²) in [5, 5.41) is 18.9. The van der Waals surface area contributed by atoms with E-state index < -0.39 is 11.9 Å². The fraction of sp³-hybridized carbons (Fsp3) is 0.312. The van der Waals surface area contributed by atoms with Crippen LogP contribution in [0, 0.1) is 13.8 Å². The van der Waals surface area contributed by atoms with Crippen LogP contribution < -0.4 is 0 Å². The zero-order valence-corrected chi connectivity index (χ0v) is 23.9. The lowest BCUT2D eigenvalue weighted by Gasteiger charge is -2.05. The Bertz CT molecular complexity index is 1810. The van der Waals surface area contributed by atoms with Crippen molar-refractivity contribution in [2.75, 3.05) is 6.61 Å². The number of nitrogens with zero attached hydrogens (tertiary/aromatic N) is 2. The maximum absolute atomic E-state index is 11.5. The highest BCUT2D eigenvalue weighted by Crippen LogP contribution is 2.36. The van der Waals surface area contributed by atoms with Crippen molar-refractivity contribution in [1.29, 1.82) is 0 Å². The fourth-order valence-electron chi connectivity index (χ4n) is 5.46. The Kier molecular flexibility index (Phi) is 7.53. The molecule has 4 N–H and O–H groups in total. The molecule has 0 amide bonds. The molecule has 0 fully saturated rings. The highest BCUT2D eigenvalue weighted by Gasteiger charge is 2.21. The number of aryl methyl sites for hydroxylation is 3. The van der Waals surface area contributed by atoms with Gasteiger partial charge in [0.2, 0.25) is 0 Å². The average Bonchev–Trinajstić information content (AvgIpc) is 3.58. The summed E-state index contributed by atoms with van der Waals surface area (Å²) in [6.07, 6.45) is 0.612. The normalized spacial score (nSPS) is 13.2. The SMILES string of the molecule is CCOC1=C(C)c2cc3cc(C)c(cc4nc(cc5[nH]c(cc1n2)c(C)c5CCC(=O)O)C(CCC(=O)O)=C4C)[nH]3. The van der Waals surface area contributed by atoms with Gasteiger partial charge in [-0.3, -0.25) is 9.59 Å². The lowest BCUT2D eigenvalue weighted by Crippen LogP contribution is -1.98. The average molecular weight is 555 g/mol. The minimum Gasteiger partial charge on any atom is -0.491 e. The van der Waals surface area contributed by atoms with Crippen molar-refractivity contribution >= 4 is 56.5 Å². The van der Waals surface area contributed by atoms with Gasteiger partial charge in [0.1, 0.15) is 11.5 Å². The van der Waals surface area contributed by atoms with Crippen molar-refractivity contribution in [3.8, 4) is 0 Å². The maximum atomic E-state index is 11.5. The molecule has 0 radical (unpaired) electrons. The first-order valence-corrected chi connectivity index (χ1v) is 13.8. The van der Waals surface area contributed by atoms with Crippen LogP contribution in [0.4, 0.5) is 0 Å². The molecule has 0 aliphatic carbocycles. The molecule has 0 aromatic carbocycles. The second-order valence-electron chi connectivity index (χ2n) is 10.5. The van der Waals surface area contributed by atoms with Gasteiger partial charge in [0.15, 0.2) is 0 Å². The van der Waals surface area contributed by atoms with Gasteiger partial charge < -0.3 is 24.9 Å². The molecule has 2 aliphatic heterocycles. The second kappa shape index (κ2) is 11.1. The molecule has 8 bridgehead atoms. The number of H-pyrrole nitrogens is 2. The highest BCUT2D eigenvalue weighted by atomic mass is 16.5. The molecule has 0 atom stereocenters. The van der Waals surface area contributed by atoms with Gasteiger partial charge in [-0.1, -0.05) is 0 Å². The third kappa shape index (κ3) is 5.52. The molecule has 212 valence electrons. The van der Waals surface area contributed by atoms with Gasteiger partial charge in [-0.15, -0.1) is 0 Å². The maximum Gasteiger partial charge on any atom is 0.303 e. The van der Waals surface area contributed by atoms with Gasteiger partial charge in [0, 0.05) is 40.5 Å². The van der Waals surface area contributed by atoms with Gasteiger partial charge in [-0.25, -0.2) is 9.97 Å². The summed E-state index contributed by atoms with van der Waals surface area (Å²) in [6.45, 7) is 10.4. The van der Waals surface area contributed by atoms with E-state index in [1.54, 1.807) is 0 Å². The fourth-order valence-corrected chi connectivity index (χ4v) is 5.46. The molecule has 9 heteroatoms. The van der Waals surface area contributed by atoms with E-state index in [0.717, 1.165) is 66.9 Å². The molecular weight excluding hydrogens is 520 g/mol. The number of rotatable bonds is 8. The number of carboxylic acid groups (broad SMARTS) is 2. The minimum absolute atomic E-state index is 0.0214. The first kappa shape index (κ1) is 27.9. The standard InChI is InChI=1S/C32H34N4O5/c1-6-41-32-19(5)24-12-20-11-16(2)23(33-20)13-25-17(3)21(7-9-30(37)38)27(34-25)15-28-22(8-10-31(39)40)18(4)26(35-28)14-29(32)36-24/h11-15,33,35H,6-10H2,1-5H3,(H,37,38)(H,39,40). The number of aliphatic carboxylic acids is 2. The van der Waals surface area contributed by atoms with E-state index in [4.69, 9.17) is 14.7 Å². The summed E-state index contributed by atoms with van der Waals surface area (Å²) in [6, 6.07) is 9.90. The van der Waals surface area contributed by atoms with E-state index in [1.807, 2.05) is 58.9 Å². The lowest BCUT2D eigenvalue weighted by atomic mass is 10.0. The molecule has 0 saturated carbocycles. The van der Waals surface area contributed by atoms with Crippen LogP contribution >= 0.6 is 0 Å². The number of ether oxygens (including phenoxy) is 1. The molecule has 5 heterocycles. The molecule has 3 aromatic rings. The van der Waals surface area contributed by atoms with Crippen LogP contribution in [-0.2, 0) is 20.7 Å². The van der Waals surface area contributed by atoms with Crippen LogP contribution in [0.1, 0.15) is 79.5 Å². The largest absolute Gasteiger partial charge is 0.491 e. The number of carbonyl (C=O) groups is 2. The summed E-state index contributed by atoms with van der Waals surface area (Å²) in [7, 11) is 0. The first-order valence-electron chi connectivity index (χ1n) is 13.8. The Morgan fingerprint density at radius 3 is 2.10 bits per heavy atom. The summed E-state index contributed by atoms with van der Waals surface area (Å²) >= 11 is 0. The van der Waals surface area contributed by atoms with E-state index in [0.29, 0.717) is 36.6 Å². The van der Waals surface area contributed by atoms with E-state index in [-0.39, 0.29) is 12.8 Å². The number of fused-ring (bicyclic) bond motifs is 8. The molecule has 2 aliphatic rings. The van der Waals surface area contributed by atoms with Crippen molar-refractivity contribution in [1.82, 2.24) is 19.9 Å². The van der Waals surface area contributed by atoms with Crippen LogP contribution in [0.15, 0.2) is 30.3 Å². The Morgan fingerprint density at radius 2 is 1.39 bits per heavy atom. The topological polar surface area (TPSA) is 141 Å². The van der Waals surface area contributed by atoms with Crippen molar-refractivity contribution in [2.45, 2.75) is 60.3 Å². The third-order valence-corrected chi connectivity index (χ3v) is 7.71. The van der Waals surface area contributed by atoms with E-state index in [2.05, 4.69) is 16.0 Å². The number of nitrogens with one attached hydrogen (secondary N) is 2. The first-order chi connectivity index (χ1) is 19.5. The Morgan fingerprint density at radius 1 is 0.756 bits per heavy atom. The summed E-state index contributed by atoms with van der Waals surface area (Å²) in [5.41, 5.74) is 11.8. The predicted octanol–water partition coefficient (Wildman–Crippen LogP) is 6.67. The highest BCUT2D eigenvalue weighted by molar-refractivity contribution is 5.94. The molecular formula is C32H34N4O5. The van der Waals surface area contributed by atoms with Gasteiger partial charge in [-0.05, 0) is 106 Å². The number of allylic oxidation sites excluding steroid dienone is 3. The number of carboxylic acids is 2. The number of aromatic amines is 2. The second-order valence-corrected chi connectivity index (χ2v) is 10.5. The molecule has 41 heavy (non-hydrogen) atoms. The van der Waals surface area contributed by atoms with E-state index in [1.165, 1.54) is 0 Å². The van der Waals surface area contributed by atoms with Crippen molar-refractivity contribution < 1.29 is 24.5 Å². The van der Waals surface area contributed by atoms with Crippen molar-refractivity contribution in [2.24, 2.45) is 0 Å². The predicted molar refractivity (Wildman–Crippen MR) is 160 cm³/mol. The van der Waals surface area contributed by atoms with Crippen molar-refractivity contribution in [3.05, 3.63) is 69.8 Å². The summed E-state index contributed by atoms with van der Waals surface area (Å²) in [4.78, 5) is 39.8. The smallest absolute Gasteiger partial charge is 0.303 e. The zero-order valence-electron chi connectivity index (χ0n) is 23.9. The number of hydrogen-bond donors (Lipinski definition) is 4. The Labute approximate surface area is 237 Å². The van der Waals surface area contributed by atoms with Crippen LogP contribution in [0.5, 0.6) is 0 Å². The lowest BCUT2D eigenvalue weighted by molar-refractivity contribution is -0.137.